The highest BCUT2D eigenvalue weighted by molar-refractivity contribution is 6.31. The molecule has 0 aromatic carbocycles. The van der Waals surface area contributed by atoms with Crippen LogP contribution in [0.4, 0.5) is 11.5 Å². The third-order valence-electron chi connectivity index (χ3n) is 3.20. The van der Waals surface area contributed by atoms with Crippen molar-refractivity contribution in [2.75, 3.05) is 11.9 Å². The lowest BCUT2D eigenvalue weighted by atomic mass is 9.70. The van der Waals surface area contributed by atoms with Crippen LogP contribution < -0.4 is 5.32 Å². The maximum absolute atomic E-state index is 10.9. The lowest BCUT2D eigenvalue weighted by molar-refractivity contribution is -0.384. The van der Waals surface area contributed by atoms with E-state index >= 15 is 0 Å². The summed E-state index contributed by atoms with van der Waals surface area (Å²) >= 11 is 5.69. The number of halogens is 1. The zero-order chi connectivity index (χ0) is 12.5. The van der Waals surface area contributed by atoms with Gasteiger partial charge in [0, 0.05) is 6.54 Å². The molecule has 0 atom stereocenters. The van der Waals surface area contributed by atoms with Gasteiger partial charge in [0.15, 0.2) is 0 Å². The Kier molecular flexibility index (Phi) is 3.15. The third-order valence-corrected chi connectivity index (χ3v) is 3.48. The Bertz CT molecular complexity index is 448. The van der Waals surface area contributed by atoms with Gasteiger partial charge in [-0.2, -0.15) is 0 Å². The maximum Gasteiger partial charge on any atom is 0.348 e. The van der Waals surface area contributed by atoms with Gasteiger partial charge in [-0.05, 0) is 18.3 Å². The van der Waals surface area contributed by atoms with Gasteiger partial charge in [-0.15, -0.1) is 0 Å². The van der Waals surface area contributed by atoms with Crippen molar-refractivity contribution in [3.05, 3.63) is 21.6 Å². The molecule has 0 spiro atoms. The van der Waals surface area contributed by atoms with Crippen LogP contribution in [-0.4, -0.2) is 21.4 Å². The van der Waals surface area contributed by atoms with Crippen LogP contribution in [0.2, 0.25) is 5.15 Å². The lowest BCUT2D eigenvalue weighted by Gasteiger charge is -2.38. The first kappa shape index (κ1) is 12.0. The van der Waals surface area contributed by atoms with Gasteiger partial charge in [0.25, 0.3) is 0 Å². The Morgan fingerprint density at radius 3 is 2.82 bits per heavy atom. The fourth-order valence-corrected chi connectivity index (χ4v) is 2.10. The number of aromatic nitrogens is 2. The van der Waals surface area contributed by atoms with E-state index in [2.05, 4.69) is 22.2 Å². The van der Waals surface area contributed by atoms with Crippen molar-refractivity contribution in [1.82, 2.24) is 9.97 Å². The van der Waals surface area contributed by atoms with Crippen molar-refractivity contribution < 1.29 is 4.92 Å². The Morgan fingerprint density at radius 1 is 1.59 bits per heavy atom. The highest BCUT2D eigenvalue weighted by atomic mass is 35.5. The average Bonchev–Trinajstić information content (AvgIpc) is 2.23. The van der Waals surface area contributed by atoms with E-state index in [1.165, 1.54) is 12.7 Å². The summed E-state index contributed by atoms with van der Waals surface area (Å²) in [5.74, 6) is 0.197. The second-order valence-electron chi connectivity index (χ2n) is 4.64. The Labute approximate surface area is 104 Å². The summed E-state index contributed by atoms with van der Waals surface area (Å²) in [5, 5.41) is 13.7. The smallest absolute Gasteiger partial charge is 0.348 e. The number of rotatable bonds is 4. The van der Waals surface area contributed by atoms with Crippen LogP contribution in [0, 0.1) is 15.5 Å². The van der Waals surface area contributed by atoms with Gasteiger partial charge in [-0.3, -0.25) is 10.1 Å². The van der Waals surface area contributed by atoms with Gasteiger partial charge in [0.05, 0.1) is 4.92 Å². The molecule has 0 saturated heterocycles. The van der Waals surface area contributed by atoms with Gasteiger partial charge in [0.2, 0.25) is 11.0 Å². The molecule has 6 nitrogen and oxygen atoms in total. The highest BCUT2D eigenvalue weighted by Gasteiger charge is 2.32. The van der Waals surface area contributed by atoms with Crippen molar-refractivity contribution >= 4 is 23.1 Å². The van der Waals surface area contributed by atoms with Gasteiger partial charge in [-0.1, -0.05) is 24.9 Å². The average molecular weight is 257 g/mol. The summed E-state index contributed by atoms with van der Waals surface area (Å²) in [6.07, 6.45) is 4.70. The van der Waals surface area contributed by atoms with Crippen LogP contribution in [0.3, 0.4) is 0 Å². The molecule has 0 radical (unpaired) electrons. The van der Waals surface area contributed by atoms with Crippen LogP contribution in [0.25, 0.3) is 0 Å². The van der Waals surface area contributed by atoms with E-state index in [0.29, 0.717) is 6.54 Å². The molecule has 1 N–H and O–H groups in total. The molecule has 17 heavy (non-hydrogen) atoms. The fourth-order valence-electron chi connectivity index (χ4n) is 1.90. The number of nitrogens with one attached hydrogen (secondary N) is 1. The van der Waals surface area contributed by atoms with Crippen LogP contribution in [0.15, 0.2) is 6.33 Å². The molecule has 1 aliphatic rings. The second-order valence-corrected chi connectivity index (χ2v) is 4.99. The molecule has 0 unspecified atom stereocenters. The van der Waals surface area contributed by atoms with Crippen molar-refractivity contribution in [1.29, 1.82) is 0 Å². The summed E-state index contributed by atoms with van der Waals surface area (Å²) in [7, 11) is 0. The second kappa shape index (κ2) is 4.44. The van der Waals surface area contributed by atoms with Crippen LogP contribution in [0.1, 0.15) is 26.2 Å². The minimum absolute atomic E-state index is 0.133. The SMILES string of the molecule is CC1(CNc2ncnc(Cl)c2[N+](=O)[O-])CCC1. The normalized spacial score (nSPS) is 17.3. The molecule has 2 rings (SSSR count). The molecular formula is C10H13ClN4O2. The molecule has 1 fully saturated rings. The van der Waals surface area contributed by atoms with Crippen LogP contribution in [-0.2, 0) is 0 Å². The molecule has 1 aromatic rings. The first-order valence-corrected chi connectivity index (χ1v) is 5.78. The van der Waals surface area contributed by atoms with E-state index in [1.54, 1.807) is 0 Å². The predicted molar refractivity (Wildman–Crippen MR) is 64.1 cm³/mol. The predicted octanol–water partition coefficient (Wildman–Crippen LogP) is 2.64. The van der Waals surface area contributed by atoms with Crippen molar-refractivity contribution in [3.8, 4) is 0 Å². The van der Waals surface area contributed by atoms with E-state index in [-0.39, 0.29) is 22.1 Å². The molecule has 0 amide bonds. The van der Waals surface area contributed by atoms with Crippen molar-refractivity contribution in [2.45, 2.75) is 26.2 Å². The Hall–Kier alpha value is -1.43. The van der Waals surface area contributed by atoms with E-state index in [9.17, 15) is 10.1 Å². The molecular weight excluding hydrogens is 244 g/mol. The fraction of sp³-hybridized carbons (Fsp3) is 0.600. The largest absolute Gasteiger partial charge is 0.364 e. The monoisotopic (exact) mass is 256 g/mol. The van der Waals surface area contributed by atoms with E-state index in [1.807, 2.05) is 0 Å². The molecule has 92 valence electrons. The molecule has 1 heterocycles. The minimum atomic E-state index is -0.562. The number of nitro groups is 1. The first-order valence-electron chi connectivity index (χ1n) is 5.41. The number of nitrogens with zero attached hydrogens (tertiary/aromatic N) is 3. The first-order chi connectivity index (χ1) is 8.02. The van der Waals surface area contributed by atoms with E-state index in [0.717, 1.165) is 12.8 Å². The van der Waals surface area contributed by atoms with Gasteiger partial charge >= 0.3 is 5.69 Å². The zero-order valence-electron chi connectivity index (χ0n) is 9.44. The summed E-state index contributed by atoms with van der Waals surface area (Å²) in [6.45, 7) is 2.82. The summed E-state index contributed by atoms with van der Waals surface area (Å²) < 4.78 is 0. The van der Waals surface area contributed by atoms with Crippen molar-refractivity contribution in [3.63, 3.8) is 0 Å². The molecule has 1 aromatic heterocycles. The number of anilines is 1. The summed E-state index contributed by atoms with van der Waals surface area (Å²) in [6, 6.07) is 0. The summed E-state index contributed by atoms with van der Waals surface area (Å²) in [4.78, 5) is 17.8. The Morgan fingerprint density at radius 2 is 2.29 bits per heavy atom. The van der Waals surface area contributed by atoms with Crippen molar-refractivity contribution in [2.24, 2.45) is 5.41 Å². The van der Waals surface area contributed by atoms with Gasteiger partial charge < -0.3 is 5.32 Å². The summed E-state index contributed by atoms with van der Waals surface area (Å²) in [5.41, 5.74) is -0.0391. The zero-order valence-corrected chi connectivity index (χ0v) is 10.2. The van der Waals surface area contributed by atoms with E-state index < -0.39 is 4.92 Å². The van der Waals surface area contributed by atoms with Gasteiger partial charge in [0.1, 0.15) is 6.33 Å². The quantitative estimate of drug-likeness (QED) is 0.509. The third kappa shape index (κ3) is 2.46. The Balaban J connectivity index is 2.15. The molecule has 0 bridgehead atoms. The highest BCUT2D eigenvalue weighted by Crippen LogP contribution is 2.40. The molecule has 1 aliphatic carbocycles. The standard InChI is InChI=1S/C10H13ClN4O2/c1-10(3-2-4-10)5-12-9-7(15(16)17)8(11)13-6-14-9/h6H,2-5H2,1H3,(H,12,13,14). The van der Waals surface area contributed by atoms with Gasteiger partial charge in [-0.25, -0.2) is 9.97 Å². The molecule has 7 heteroatoms. The van der Waals surface area contributed by atoms with E-state index in [4.69, 9.17) is 11.6 Å². The molecule has 1 saturated carbocycles. The maximum atomic E-state index is 10.9. The number of hydrogen-bond acceptors (Lipinski definition) is 5. The van der Waals surface area contributed by atoms with Crippen LogP contribution in [0.5, 0.6) is 0 Å². The minimum Gasteiger partial charge on any atom is -0.364 e. The molecule has 0 aliphatic heterocycles. The topological polar surface area (TPSA) is 81.0 Å². The van der Waals surface area contributed by atoms with Crippen LogP contribution >= 0.6 is 11.6 Å². The number of hydrogen-bond donors (Lipinski definition) is 1. The lowest BCUT2D eigenvalue weighted by Crippen LogP contribution is -2.33.